The number of esters is 4. The van der Waals surface area contributed by atoms with E-state index >= 15 is 0 Å². The van der Waals surface area contributed by atoms with Crippen LogP contribution in [0.1, 0.15) is 401 Å². The Morgan fingerprint density at radius 2 is 0.484 bits per heavy atom. The standard InChI is InChI=1S/C76H148O17P2/c1-6-9-12-15-18-20-22-24-26-28-29-30-31-33-35-37-41-46-51-56-61-75(80)93-72(66-87-74(79)60-55-50-45-40-36-34-32-27-25-23-21-19-16-13-10-7-2)68-91-95(84,85)89-64-70(77)63-88-94(82,83)90-67-71(65-86-73(78)59-54-49-43-17-14-11-8-3)92-76(81)62-57-52-47-42-38-39-44-48-53-58-69(4)5/h69-72,77H,6-68H2,1-5H3,(H,82,83)(H,84,85)/t70-,71+,72+/m0/s1. The molecule has 564 valence electrons. The highest BCUT2D eigenvalue weighted by Crippen LogP contribution is 2.45. The van der Waals surface area contributed by atoms with Crippen molar-refractivity contribution < 1.29 is 80.2 Å². The number of phosphoric ester groups is 2. The van der Waals surface area contributed by atoms with Crippen molar-refractivity contribution in [2.24, 2.45) is 5.92 Å². The van der Waals surface area contributed by atoms with Crippen molar-refractivity contribution in [2.45, 2.75) is 419 Å². The van der Waals surface area contributed by atoms with E-state index in [2.05, 4.69) is 34.6 Å². The second-order valence-corrected chi connectivity index (χ2v) is 30.8. The van der Waals surface area contributed by atoms with E-state index in [0.717, 1.165) is 109 Å². The molecule has 0 saturated carbocycles. The van der Waals surface area contributed by atoms with Gasteiger partial charge in [0, 0.05) is 25.7 Å². The summed E-state index contributed by atoms with van der Waals surface area (Å²) in [6.45, 7) is 7.23. The second-order valence-electron chi connectivity index (χ2n) is 27.9. The zero-order valence-corrected chi connectivity index (χ0v) is 63.6. The molecule has 2 unspecified atom stereocenters. The fourth-order valence-corrected chi connectivity index (χ4v) is 13.3. The molecule has 0 bridgehead atoms. The van der Waals surface area contributed by atoms with Gasteiger partial charge >= 0.3 is 39.5 Å². The number of aliphatic hydroxyl groups excluding tert-OH is 1. The molecule has 0 spiro atoms. The first-order valence-corrected chi connectivity index (χ1v) is 42.6. The summed E-state index contributed by atoms with van der Waals surface area (Å²) in [6.07, 6.45) is 58.5. The summed E-state index contributed by atoms with van der Waals surface area (Å²) < 4.78 is 68.4. The van der Waals surface area contributed by atoms with E-state index in [-0.39, 0.29) is 25.7 Å². The van der Waals surface area contributed by atoms with Crippen LogP contribution in [0.25, 0.3) is 0 Å². The first-order valence-electron chi connectivity index (χ1n) is 39.6. The van der Waals surface area contributed by atoms with E-state index in [0.29, 0.717) is 25.7 Å². The maximum absolute atomic E-state index is 13.1. The molecule has 0 saturated heterocycles. The molecule has 0 radical (unpaired) electrons. The van der Waals surface area contributed by atoms with Crippen molar-refractivity contribution >= 4 is 39.5 Å². The highest BCUT2D eigenvalue weighted by molar-refractivity contribution is 7.47. The molecule has 0 fully saturated rings. The van der Waals surface area contributed by atoms with Gasteiger partial charge in [-0.3, -0.25) is 37.3 Å². The van der Waals surface area contributed by atoms with E-state index in [1.807, 2.05) is 0 Å². The monoisotopic (exact) mass is 1400 g/mol. The van der Waals surface area contributed by atoms with E-state index in [1.54, 1.807) is 0 Å². The minimum atomic E-state index is -4.96. The maximum atomic E-state index is 13.1. The minimum Gasteiger partial charge on any atom is -0.462 e. The summed E-state index contributed by atoms with van der Waals surface area (Å²) >= 11 is 0. The zero-order chi connectivity index (χ0) is 69.8. The average Bonchev–Trinajstić information content (AvgIpc) is 3.74. The molecule has 0 aromatic heterocycles. The lowest BCUT2D eigenvalue weighted by Crippen LogP contribution is -2.30. The third kappa shape index (κ3) is 70.3. The molecular weight excluding hydrogens is 1250 g/mol. The third-order valence-electron chi connectivity index (χ3n) is 17.8. The van der Waals surface area contributed by atoms with Gasteiger partial charge in [0.1, 0.15) is 19.3 Å². The second kappa shape index (κ2) is 69.2. The number of carbonyl (C=O) groups is 4. The first-order chi connectivity index (χ1) is 46.0. The molecular formula is C76H148O17P2. The van der Waals surface area contributed by atoms with Crippen LogP contribution in [0.5, 0.6) is 0 Å². The van der Waals surface area contributed by atoms with Crippen molar-refractivity contribution in [1.29, 1.82) is 0 Å². The van der Waals surface area contributed by atoms with E-state index in [9.17, 15) is 43.2 Å². The van der Waals surface area contributed by atoms with Gasteiger partial charge in [0.2, 0.25) is 0 Å². The van der Waals surface area contributed by atoms with E-state index < -0.39 is 97.5 Å². The summed E-state index contributed by atoms with van der Waals surface area (Å²) in [5, 5.41) is 10.6. The van der Waals surface area contributed by atoms with E-state index in [4.69, 9.17) is 37.0 Å². The Bertz CT molecular complexity index is 1820. The number of phosphoric acid groups is 2. The van der Waals surface area contributed by atoms with Gasteiger partial charge in [-0.2, -0.15) is 0 Å². The molecule has 0 amide bonds. The van der Waals surface area contributed by atoms with Crippen LogP contribution in [0.15, 0.2) is 0 Å². The van der Waals surface area contributed by atoms with Crippen LogP contribution in [0.3, 0.4) is 0 Å². The average molecular weight is 1400 g/mol. The predicted molar refractivity (Wildman–Crippen MR) is 386 cm³/mol. The number of ether oxygens (including phenoxy) is 4. The van der Waals surface area contributed by atoms with Gasteiger partial charge in [-0.25, -0.2) is 9.13 Å². The normalized spacial score (nSPS) is 13.9. The number of hydrogen-bond acceptors (Lipinski definition) is 15. The lowest BCUT2D eigenvalue weighted by molar-refractivity contribution is -0.161. The van der Waals surface area contributed by atoms with Crippen LogP contribution in [0.2, 0.25) is 0 Å². The summed E-state index contributed by atoms with van der Waals surface area (Å²) in [7, 11) is -9.90. The quantitative estimate of drug-likeness (QED) is 0.0222. The SMILES string of the molecule is CCCCCCCCCCCCCCCCCCCCCCC(=O)O[C@H](COC(=O)CCCCCCCCCCCCCCCCCC)COP(=O)(O)OC[C@@H](O)COP(=O)(O)OC[C@@H](COC(=O)CCCCCCCCC)OC(=O)CCCCCCCCCCCC(C)C. The van der Waals surface area contributed by atoms with Crippen molar-refractivity contribution in [2.75, 3.05) is 39.6 Å². The topological polar surface area (TPSA) is 237 Å². The fraction of sp³-hybridized carbons (Fsp3) is 0.947. The molecule has 3 N–H and O–H groups in total. The summed E-state index contributed by atoms with van der Waals surface area (Å²) in [4.78, 5) is 72.6. The van der Waals surface area contributed by atoms with Gasteiger partial charge < -0.3 is 33.8 Å². The molecule has 5 atom stereocenters. The van der Waals surface area contributed by atoms with E-state index in [1.165, 1.54) is 212 Å². The van der Waals surface area contributed by atoms with Crippen LogP contribution in [-0.2, 0) is 65.4 Å². The van der Waals surface area contributed by atoms with Crippen molar-refractivity contribution in [3.8, 4) is 0 Å². The van der Waals surface area contributed by atoms with Crippen LogP contribution >= 0.6 is 15.6 Å². The Kier molecular flexibility index (Phi) is 67.7. The van der Waals surface area contributed by atoms with Gasteiger partial charge in [-0.05, 0) is 31.6 Å². The molecule has 0 aromatic rings. The molecule has 0 heterocycles. The number of carbonyl (C=O) groups excluding carboxylic acids is 4. The lowest BCUT2D eigenvalue weighted by Gasteiger charge is -2.21. The fourth-order valence-electron chi connectivity index (χ4n) is 11.7. The Labute approximate surface area is 581 Å². The lowest BCUT2D eigenvalue weighted by atomic mass is 10.0. The van der Waals surface area contributed by atoms with Crippen molar-refractivity contribution in [3.63, 3.8) is 0 Å². The molecule has 0 aliphatic carbocycles. The molecule has 0 aliphatic heterocycles. The molecule has 0 aliphatic rings. The molecule has 95 heavy (non-hydrogen) atoms. The Morgan fingerprint density at radius 1 is 0.284 bits per heavy atom. The Morgan fingerprint density at radius 3 is 0.716 bits per heavy atom. The minimum absolute atomic E-state index is 0.105. The van der Waals surface area contributed by atoms with Gasteiger partial charge in [0.05, 0.1) is 26.4 Å². The summed E-state index contributed by atoms with van der Waals surface area (Å²) in [5.41, 5.74) is 0. The zero-order valence-electron chi connectivity index (χ0n) is 61.8. The summed E-state index contributed by atoms with van der Waals surface area (Å²) in [6, 6.07) is 0. The highest BCUT2D eigenvalue weighted by atomic mass is 31.2. The van der Waals surface area contributed by atoms with Gasteiger partial charge in [-0.1, -0.05) is 349 Å². The molecule has 0 aromatic carbocycles. The van der Waals surface area contributed by atoms with Crippen LogP contribution in [-0.4, -0.2) is 96.7 Å². The van der Waals surface area contributed by atoms with Gasteiger partial charge in [0.15, 0.2) is 12.2 Å². The van der Waals surface area contributed by atoms with Crippen molar-refractivity contribution in [1.82, 2.24) is 0 Å². The van der Waals surface area contributed by atoms with Gasteiger partial charge in [0.25, 0.3) is 0 Å². The largest absolute Gasteiger partial charge is 0.472 e. The highest BCUT2D eigenvalue weighted by Gasteiger charge is 2.30. The number of aliphatic hydroxyl groups is 1. The third-order valence-corrected chi connectivity index (χ3v) is 19.7. The number of hydrogen-bond donors (Lipinski definition) is 3. The summed E-state index contributed by atoms with van der Waals surface area (Å²) in [5.74, 6) is -1.38. The first kappa shape index (κ1) is 93.1. The number of unbranched alkanes of at least 4 members (excludes halogenated alkanes) is 48. The molecule has 17 nitrogen and oxygen atoms in total. The predicted octanol–water partition coefficient (Wildman–Crippen LogP) is 22.5. The number of rotatable bonds is 76. The van der Waals surface area contributed by atoms with Gasteiger partial charge in [-0.15, -0.1) is 0 Å². The van der Waals surface area contributed by atoms with Crippen LogP contribution in [0, 0.1) is 5.92 Å². The van der Waals surface area contributed by atoms with Crippen LogP contribution < -0.4 is 0 Å². The smallest absolute Gasteiger partial charge is 0.462 e. The maximum Gasteiger partial charge on any atom is 0.472 e. The Balaban J connectivity index is 5.17. The molecule has 0 rings (SSSR count). The molecule has 19 heteroatoms. The van der Waals surface area contributed by atoms with Crippen LogP contribution in [0.4, 0.5) is 0 Å². The Hall–Kier alpha value is -1.94. The van der Waals surface area contributed by atoms with Crippen molar-refractivity contribution in [3.05, 3.63) is 0 Å².